The second-order valence-corrected chi connectivity index (χ2v) is 5.45. The summed E-state index contributed by atoms with van der Waals surface area (Å²) in [5.41, 5.74) is 2.12. The van der Waals surface area contributed by atoms with Crippen LogP contribution in [0.4, 0.5) is 4.39 Å². The molecule has 0 aliphatic carbocycles. The fraction of sp³-hybridized carbons (Fsp3) is 0.353. The molecule has 0 bridgehead atoms. The van der Waals surface area contributed by atoms with E-state index in [9.17, 15) is 4.39 Å². The fourth-order valence-corrected chi connectivity index (χ4v) is 2.41. The monoisotopic (exact) mass is 291 g/mol. The van der Waals surface area contributed by atoms with E-state index >= 15 is 0 Å². The number of aromatic nitrogens is 1. The summed E-state index contributed by atoms with van der Waals surface area (Å²) >= 11 is 1.43. The first-order valence-corrected chi connectivity index (χ1v) is 7.97. The zero-order chi connectivity index (χ0) is 15.0. The van der Waals surface area contributed by atoms with Crippen molar-refractivity contribution in [2.24, 2.45) is 0 Å². The van der Waals surface area contributed by atoms with Gasteiger partial charge in [-0.3, -0.25) is 0 Å². The smallest absolute Gasteiger partial charge is 0.155 e. The molecule has 1 nitrogen and oxygen atoms in total. The Morgan fingerprint density at radius 2 is 1.80 bits per heavy atom. The molecule has 0 saturated heterocycles. The zero-order valence-corrected chi connectivity index (χ0v) is 13.4. The van der Waals surface area contributed by atoms with Crippen LogP contribution in [0.25, 0.3) is 0 Å². The van der Waals surface area contributed by atoms with Crippen LogP contribution in [-0.2, 0) is 5.75 Å². The number of thioether (sulfide) groups is 1. The van der Waals surface area contributed by atoms with Crippen LogP contribution < -0.4 is 0 Å². The summed E-state index contributed by atoms with van der Waals surface area (Å²) in [6.45, 7) is 8.07. The molecule has 0 unspecified atom stereocenters. The summed E-state index contributed by atoms with van der Waals surface area (Å²) in [5.74, 6) is 0.827. The number of halogens is 1. The highest BCUT2D eigenvalue weighted by Gasteiger charge is 2.08. The van der Waals surface area contributed by atoms with Crippen LogP contribution in [0.3, 0.4) is 0 Å². The van der Waals surface area contributed by atoms with E-state index in [-0.39, 0.29) is 5.82 Å². The van der Waals surface area contributed by atoms with Crippen molar-refractivity contribution in [1.82, 2.24) is 4.98 Å². The predicted octanol–water partition coefficient (Wildman–Crippen LogP) is 5.66. The molecule has 1 aromatic heterocycles. The van der Waals surface area contributed by atoms with Gasteiger partial charge in [-0.15, -0.1) is 0 Å². The minimum absolute atomic E-state index is 0.220. The molecule has 3 heteroatoms. The summed E-state index contributed by atoms with van der Waals surface area (Å²) in [4.78, 5) is 4.20. The van der Waals surface area contributed by atoms with Crippen LogP contribution in [0.15, 0.2) is 47.6 Å². The maximum absolute atomic E-state index is 13.8. The van der Waals surface area contributed by atoms with Crippen molar-refractivity contribution in [2.45, 2.75) is 44.4 Å². The fourth-order valence-electron chi connectivity index (χ4n) is 1.59. The summed E-state index contributed by atoms with van der Waals surface area (Å²) in [6.07, 6.45) is 1.76. The molecule has 0 spiro atoms. The molecule has 1 heterocycles. The van der Waals surface area contributed by atoms with E-state index in [2.05, 4.69) is 4.98 Å². The van der Waals surface area contributed by atoms with Crippen molar-refractivity contribution in [3.63, 3.8) is 0 Å². The van der Waals surface area contributed by atoms with E-state index in [0.29, 0.717) is 10.9 Å². The number of pyridine rings is 1. The van der Waals surface area contributed by atoms with Crippen LogP contribution in [0, 0.1) is 5.82 Å². The first-order valence-electron chi connectivity index (χ1n) is 6.99. The van der Waals surface area contributed by atoms with Gasteiger partial charge in [0.2, 0.25) is 0 Å². The molecule has 2 aromatic rings. The highest BCUT2D eigenvalue weighted by atomic mass is 32.2. The SMILES string of the molecule is CC.CC(C)c1cnc(SCc2ccccc2)c(F)c1. The average Bonchev–Trinajstić information content (AvgIpc) is 2.49. The molecular weight excluding hydrogens is 269 g/mol. The Balaban J connectivity index is 0.000000956. The summed E-state index contributed by atoms with van der Waals surface area (Å²) in [7, 11) is 0. The van der Waals surface area contributed by atoms with E-state index in [1.165, 1.54) is 17.3 Å². The maximum Gasteiger partial charge on any atom is 0.155 e. The molecular formula is C17H22FNS. The molecule has 20 heavy (non-hydrogen) atoms. The van der Waals surface area contributed by atoms with Gasteiger partial charge in [-0.1, -0.05) is 69.8 Å². The lowest BCUT2D eigenvalue weighted by atomic mass is 10.1. The number of rotatable bonds is 4. The van der Waals surface area contributed by atoms with Gasteiger partial charge in [0.1, 0.15) is 5.03 Å². The molecule has 0 saturated carbocycles. The van der Waals surface area contributed by atoms with Gasteiger partial charge >= 0.3 is 0 Å². The highest BCUT2D eigenvalue weighted by Crippen LogP contribution is 2.25. The van der Waals surface area contributed by atoms with Gasteiger partial charge in [-0.2, -0.15) is 0 Å². The minimum Gasteiger partial charge on any atom is -0.247 e. The minimum atomic E-state index is -0.220. The van der Waals surface area contributed by atoms with Crippen molar-refractivity contribution in [1.29, 1.82) is 0 Å². The molecule has 0 aliphatic rings. The average molecular weight is 291 g/mol. The number of nitrogens with zero attached hydrogens (tertiary/aromatic N) is 1. The highest BCUT2D eigenvalue weighted by molar-refractivity contribution is 7.98. The van der Waals surface area contributed by atoms with Crippen molar-refractivity contribution >= 4 is 11.8 Å². The molecule has 0 aliphatic heterocycles. The Morgan fingerprint density at radius 3 is 2.35 bits per heavy atom. The van der Waals surface area contributed by atoms with Gasteiger partial charge < -0.3 is 0 Å². The summed E-state index contributed by atoms with van der Waals surface area (Å²) in [5, 5.41) is 0.475. The third kappa shape index (κ3) is 4.97. The van der Waals surface area contributed by atoms with Gasteiger partial charge in [0.25, 0.3) is 0 Å². The Kier molecular flexibility index (Phi) is 7.31. The van der Waals surface area contributed by atoms with E-state index in [4.69, 9.17) is 0 Å². The molecule has 108 valence electrons. The van der Waals surface area contributed by atoms with Crippen LogP contribution >= 0.6 is 11.8 Å². The molecule has 0 fully saturated rings. The summed E-state index contributed by atoms with van der Waals surface area (Å²) in [6, 6.07) is 11.6. The molecule has 0 radical (unpaired) electrons. The Labute approximate surface area is 125 Å². The van der Waals surface area contributed by atoms with Crippen LogP contribution in [0.5, 0.6) is 0 Å². The largest absolute Gasteiger partial charge is 0.247 e. The normalized spacial score (nSPS) is 10.1. The van der Waals surface area contributed by atoms with Gasteiger partial charge in [0.15, 0.2) is 5.82 Å². The lowest BCUT2D eigenvalue weighted by molar-refractivity contribution is 0.582. The molecule has 1 aromatic carbocycles. The number of hydrogen-bond acceptors (Lipinski definition) is 2. The Bertz CT molecular complexity index is 512. The number of hydrogen-bond donors (Lipinski definition) is 0. The van der Waals surface area contributed by atoms with Crippen molar-refractivity contribution < 1.29 is 4.39 Å². The van der Waals surface area contributed by atoms with E-state index in [0.717, 1.165) is 11.3 Å². The predicted molar refractivity (Wildman–Crippen MR) is 85.6 cm³/mol. The first kappa shape index (κ1) is 16.7. The van der Waals surface area contributed by atoms with Crippen LogP contribution in [-0.4, -0.2) is 4.98 Å². The van der Waals surface area contributed by atoms with Gasteiger partial charge in [0, 0.05) is 11.9 Å². The van der Waals surface area contributed by atoms with Crippen LogP contribution in [0.1, 0.15) is 44.7 Å². The second kappa shape index (κ2) is 8.75. The summed E-state index contributed by atoms with van der Waals surface area (Å²) < 4.78 is 13.8. The van der Waals surface area contributed by atoms with Crippen molar-refractivity contribution in [3.8, 4) is 0 Å². The standard InChI is InChI=1S/C15H16FNS.C2H6/c1-11(2)13-8-14(16)15(17-9-13)18-10-12-6-4-3-5-7-12;1-2/h3-9,11H,10H2,1-2H3;1-2H3. The van der Waals surface area contributed by atoms with E-state index < -0.39 is 0 Å². The molecule has 0 atom stereocenters. The number of benzene rings is 1. The van der Waals surface area contributed by atoms with Gasteiger partial charge in [-0.05, 0) is 23.1 Å². The van der Waals surface area contributed by atoms with Crippen LogP contribution in [0.2, 0.25) is 0 Å². The van der Waals surface area contributed by atoms with Crippen molar-refractivity contribution in [2.75, 3.05) is 0 Å². The maximum atomic E-state index is 13.8. The Hall–Kier alpha value is -1.35. The van der Waals surface area contributed by atoms with Gasteiger partial charge in [-0.25, -0.2) is 9.37 Å². The second-order valence-electron chi connectivity index (χ2n) is 4.48. The Morgan fingerprint density at radius 1 is 1.15 bits per heavy atom. The van der Waals surface area contributed by atoms with E-state index in [1.807, 2.05) is 58.0 Å². The van der Waals surface area contributed by atoms with E-state index in [1.54, 1.807) is 12.3 Å². The first-order chi connectivity index (χ1) is 9.66. The van der Waals surface area contributed by atoms with Crippen molar-refractivity contribution in [3.05, 3.63) is 59.5 Å². The molecule has 0 amide bonds. The quantitative estimate of drug-likeness (QED) is 0.674. The zero-order valence-electron chi connectivity index (χ0n) is 12.6. The lowest BCUT2D eigenvalue weighted by Gasteiger charge is -2.07. The topological polar surface area (TPSA) is 12.9 Å². The third-order valence-corrected chi connectivity index (χ3v) is 3.77. The third-order valence-electron chi connectivity index (χ3n) is 2.71. The lowest BCUT2D eigenvalue weighted by Crippen LogP contribution is -1.94. The molecule has 2 rings (SSSR count). The van der Waals surface area contributed by atoms with Gasteiger partial charge in [0.05, 0.1) is 0 Å². The molecule has 0 N–H and O–H groups in total.